The monoisotopic (exact) mass is 202 g/mol. The summed E-state index contributed by atoms with van der Waals surface area (Å²) < 4.78 is 0. The number of hydrogen-bond acceptors (Lipinski definition) is 6. The molecule has 0 fully saturated rings. The van der Waals surface area contributed by atoms with Crippen molar-refractivity contribution >= 4 is 5.91 Å². The number of amides is 1. The Kier molecular flexibility index (Phi) is 1.46. The normalized spacial score (nSPS) is 12.3. The van der Waals surface area contributed by atoms with E-state index in [2.05, 4.69) is 20.2 Å². The highest BCUT2D eigenvalue weighted by atomic mass is 16.2. The van der Waals surface area contributed by atoms with Crippen molar-refractivity contribution in [2.75, 3.05) is 0 Å². The molecule has 0 radical (unpaired) electrons. The van der Waals surface area contributed by atoms with E-state index in [0.29, 0.717) is 12.1 Å². The first kappa shape index (κ1) is 8.18. The summed E-state index contributed by atoms with van der Waals surface area (Å²) in [4.78, 5) is 19.4. The van der Waals surface area contributed by atoms with E-state index in [0.717, 1.165) is 17.0 Å². The number of hydrogen-bond donors (Lipinski definition) is 2. The Morgan fingerprint density at radius 1 is 1.33 bits per heavy atom. The van der Waals surface area contributed by atoms with Gasteiger partial charge in [0.1, 0.15) is 12.0 Å². The maximum absolute atomic E-state index is 11.4. The largest absolute Gasteiger partial charge is 0.289 e. The Hall–Kier alpha value is -2.15. The van der Waals surface area contributed by atoms with Gasteiger partial charge in [-0.1, -0.05) is 0 Å². The van der Waals surface area contributed by atoms with Gasteiger partial charge in [-0.3, -0.25) is 10.2 Å². The zero-order valence-corrected chi connectivity index (χ0v) is 7.56. The summed E-state index contributed by atoms with van der Waals surface area (Å²) in [5.74, 6) is 4.56. The summed E-state index contributed by atoms with van der Waals surface area (Å²) in [5, 5.41) is 7.84. The van der Waals surface area contributed by atoms with E-state index in [1.165, 1.54) is 6.33 Å². The van der Waals surface area contributed by atoms with E-state index in [4.69, 9.17) is 5.84 Å². The molecule has 7 heteroatoms. The fourth-order valence-electron chi connectivity index (χ4n) is 1.64. The Morgan fingerprint density at radius 2 is 2.20 bits per heavy atom. The molecule has 7 nitrogen and oxygen atoms in total. The first-order chi connectivity index (χ1) is 7.31. The summed E-state index contributed by atoms with van der Waals surface area (Å²) in [6, 6.07) is 0. The van der Waals surface area contributed by atoms with Crippen LogP contribution in [0, 0.1) is 0 Å². The molecular weight excluding hydrogens is 196 g/mol. The van der Waals surface area contributed by atoms with Crippen LogP contribution in [0.25, 0.3) is 11.3 Å². The summed E-state index contributed by atoms with van der Waals surface area (Å²) in [5.41, 5.74) is 5.19. The molecule has 0 saturated heterocycles. The molecule has 0 aromatic carbocycles. The molecule has 0 bridgehead atoms. The molecule has 0 saturated carbocycles. The molecule has 0 unspecified atom stereocenters. The Labute approximate surface area is 84.1 Å². The number of hydrazine groups is 1. The highest BCUT2D eigenvalue weighted by Gasteiger charge is 2.31. The van der Waals surface area contributed by atoms with Gasteiger partial charge in [0.2, 0.25) is 0 Å². The lowest BCUT2D eigenvalue weighted by Gasteiger charge is -2.10. The van der Waals surface area contributed by atoms with Gasteiger partial charge in [0, 0.05) is 6.42 Å². The second-order valence-electron chi connectivity index (χ2n) is 3.19. The minimum absolute atomic E-state index is 0.157. The maximum atomic E-state index is 11.4. The van der Waals surface area contributed by atoms with E-state index in [-0.39, 0.29) is 5.69 Å². The lowest BCUT2D eigenvalue weighted by atomic mass is 9.93. The van der Waals surface area contributed by atoms with Crippen LogP contribution >= 0.6 is 0 Å². The molecular formula is C8H6N6O. The Morgan fingerprint density at radius 3 is 3.00 bits per heavy atom. The fraction of sp³-hybridized carbons (Fsp3) is 0.125. The Balaban J connectivity index is 2.27. The molecule has 0 spiro atoms. The van der Waals surface area contributed by atoms with Crippen LogP contribution in [0.15, 0.2) is 6.33 Å². The zero-order chi connectivity index (χ0) is 10.4. The first-order valence-corrected chi connectivity index (χ1v) is 4.31. The third-order valence-electron chi connectivity index (χ3n) is 2.39. The summed E-state index contributed by atoms with van der Waals surface area (Å²) in [6.45, 7) is 0. The van der Waals surface area contributed by atoms with Gasteiger partial charge < -0.3 is 0 Å². The van der Waals surface area contributed by atoms with Crippen molar-refractivity contribution < 1.29 is 4.79 Å². The number of rotatable bonds is 1. The molecule has 74 valence electrons. The van der Waals surface area contributed by atoms with Crippen LogP contribution < -0.4 is 11.3 Å². The predicted octanol–water partition coefficient (Wildman–Crippen LogP) is -1.12. The van der Waals surface area contributed by atoms with Gasteiger partial charge >= 0.3 is 0 Å². The van der Waals surface area contributed by atoms with Crippen LogP contribution in [-0.4, -0.2) is 26.1 Å². The van der Waals surface area contributed by atoms with Gasteiger partial charge in [-0.25, -0.2) is 15.8 Å². The minimum Gasteiger partial charge on any atom is -0.289 e. The van der Waals surface area contributed by atoms with Gasteiger partial charge in [-0.05, 0) is 0 Å². The molecule has 0 aromatic rings. The van der Waals surface area contributed by atoms with Crippen molar-refractivity contribution in [1.82, 2.24) is 25.6 Å². The third-order valence-corrected chi connectivity index (χ3v) is 2.39. The summed E-state index contributed by atoms with van der Waals surface area (Å²) in [6.07, 6.45) is 2.02. The van der Waals surface area contributed by atoms with E-state index < -0.39 is 5.91 Å². The van der Waals surface area contributed by atoms with Crippen molar-refractivity contribution in [3.05, 3.63) is 23.4 Å². The number of nitrogens with one attached hydrogen (secondary N) is 1. The van der Waals surface area contributed by atoms with Gasteiger partial charge in [0.15, 0.2) is 5.69 Å². The zero-order valence-electron chi connectivity index (χ0n) is 7.56. The molecule has 3 rings (SSSR count). The van der Waals surface area contributed by atoms with Crippen LogP contribution in [0.1, 0.15) is 21.9 Å². The molecule has 0 atom stereocenters. The number of carbonyl (C=O) groups is 1. The average Bonchev–Trinajstić information content (AvgIpc) is 2.48. The summed E-state index contributed by atoms with van der Waals surface area (Å²) >= 11 is 0. The highest BCUT2D eigenvalue weighted by Crippen LogP contribution is 2.36. The number of aromatic nitrogens is 4. The third kappa shape index (κ3) is 0.947. The summed E-state index contributed by atoms with van der Waals surface area (Å²) in [7, 11) is 0. The number of carbonyl (C=O) groups excluding carboxylic acids is 1. The molecule has 0 aromatic heterocycles. The van der Waals surface area contributed by atoms with E-state index >= 15 is 0 Å². The molecule has 1 aliphatic carbocycles. The van der Waals surface area contributed by atoms with Gasteiger partial charge in [0.05, 0.1) is 17.0 Å². The van der Waals surface area contributed by atoms with Crippen molar-refractivity contribution in [1.29, 1.82) is 0 Å². The van der Waals surface area contributed by atoms with E-state index in [1.54, 1.807) is 0 Å². The quantitative estimate of drug-likeness (QED) is 0.294. The number of nitrogens with two attached hydrogens (primary N) is 1. The lowest BCUT2D eigenvalue weighted by molar-refractivity contribution is 0.0949. The standard InChI is InChI=1S/C8H6N6O/c9-12-8(15)7-6-5-3(10-2-11-7)1-4(5)13-14-6/h2H,1,9H2,(H,12,15). The fourth-order valence-corrected chi connectivity index (χ4v) is 1.64. The topological polar surface area (TPSA) is 107 Å². The number of nitrogens with zero attached hydrogens (tertiary/aromatic N) is 4. The maximum Gasteiger partial charge on any atom is 0.286 e. The van der Waals surface area contributed by atoms with Gasteiger partial charge in [-0.15, -0.1) is 5.10 Å². The van der Waals surface area contributed by atoms with Gasteiger partial charge in [-0.2, -0.15) is 5.10 Å². The van der Waals surface area contributed by atoms with Crippen LogP contribution in [0.4, 0.5) is 0 Å². The molecule has 2 aliphatic heterocycles. The molecule has 3 aliphatic rings. The Bertz CT molecular complexity index is 539. The molecule has 15 heavy (non-hydrogen) atoms. The molecule has 2 heterocycles. The van der Waals surface area contributed by atoms with Crippen molar-refractivity contribution in [3.63, 3.8) is 0 Å². The number of nitrogen functional groups attached to an aromatic ring is 1. The van der Waals surface area contributed by atoms with E-state index in [9.17, 15) is 4.79 Å². The highest BCUT2D eigenvalue weighted by molar-refractivity contribution is 5.98. The lowest BCUT2D eigenvalue weighted by Crippen LogP contribution is -2.31. The first-order valence-electron chi connectivity index (χ1n) is 4.31. The SMILES string of the molecule is NNC(=O)c1ncnc2c3c(nnc1-3)C2. The minimum atomic E-state index is -0.489. The van der Waals surface area contributed by atoms with Crippen molar-refractivity contribution in [2.24, 2.45) is 5.84 Å². The molecule has 1 amide bonds. The van der Waals surface area contributed by atoms with Crippen LogP contribution in [0.3, 0.4) is 0 Å². The van der Waals surface area contributed by atoms with Gasteiger partial charge in [0.25, 0.3) is 5.91 Å². The molecule has 3 N–H and O–H groups in total. The predicted molar refractivity (Wildman–Crippen MR) is 48.7 cm³/mol. The second-order valence-corrected chi connectivity index (χ2v) is 3.19. The van der Waals surface area contributed by atoms with Crippen LogP contribution in [0.2, 0.25) is 0 Å². The van der Waals surface area contributed by atoms with Crippen LogP contribution in [0.5, 0.6) is 0 Å². The van der Waals surface area contributed by atoms with Crippen LogP contribution in [-0.2, 0) is 6.42 Å². The average molecular weight is 202 g/mol. The van der Waals surface area contributed by atoms with Crippen molar-refractivity contribution in [2.45, 2.75) is 6.42 Å². The van der Waals surface area contributed by atoms with E-state index in [1.807, 2.05) is 5.43 Å². The second kappa shape index (κ2) is 2.67. The van der Waals surface area contributed by atoms with Crippen molar-refractivity contribution in [3.8, 4) is 11.3 Å². The smallest absolute Gasteiger partial charge is 0.286 e.